The molecule has 4 heteroatoms. The highest BCUT2D eigenvalue weighted by atomic mass is 16.5. The van der Waals surface area contributed by atoms with Crippen LogP contribution in [0.15, 0.2) is 18.2 Å². The van der Waals surface area contributed by atoms with Gasteiger partial charge < -0.3 is 15.2 Å². The summed E-state index contributed by atoms with van der Waals surface area (Å²) in [5.41, 5.74) is 2.12. The van der Waals surface area contributed by atoms with Crippen molar-refractivity contribution >= 4 is 5.91 Å². The van der Waals surface area contributed by atoms with Gasteiger partial charge in [-0.15, -0.1) is 0 Å². The zero-order valence-electron chi connectivity index (χ0n) is 12.2. The maximum atomic E-state index is 11.6. The van der Waals surface area contributed by atoms with E-state index >= 15 is 0 Å². The molecule has 20 heavy (non-hydrogen) atoms. The minimum atomic E-state index is -0.359. The molecule has 2 N–H and O–H groups in total. The van der Waals surface area contributed by atoms with Crippen molar-refractivity contribution in [2.75, 3.05) is 13.2 Å². The summed E-state index contributed by atoms with van der Waals surface area (Å²) in [5.74, 6) is 1.03. The van der Waals surface area contributed by atoms with Crippen LogP contribution in [-0.4, -0.2) is 24.2 Å². The number of amides is 1. The zero-order valence-corrected chi connectivity index (χ0v) is 12.2. The Morgan fingerprint density at radius 1 is 1.50 bits per heavy atom. The average molecular weight is 277 g/mol. The number of nitrogens with one attached hydrogen (secondary N) is 1. The van der Waals surface area contributed by atoms with Gasteiger partial charge in [0.25, 0.3) is 5.91 Å². The Kier molecular flexibility index (Phi) is 5.01. The molecular weight excluding hydrogens is 254 g/mol. The van der Waals surface area contributed by atoms with Crippen LogP contribution in [-0.2, 0) is 11.2 Å². The fraction of sp³-hybridized carbons (Fsp3) is 0.562. The van der Waals surface area contributed by atoms with Crippen LogP contribution in [0, 0.1) is 5.92 Å². The Bertz CT molecular complexity index is 471. The third kappa shape index (κ3) is 3.97. The minimum Gasteiger partial charge on any atom is -0.484 e. The van der Waals surface area contributed by atoms with Gasteiger partial charge >= 0.3 is 0 Å². The lowest BCUT2D eigenvalue weighted by molar-refractivity contribution is -0.123. The predicted molar refractivity (Wildman–Crippen MR) is 77.7 cm³/mol. The maximum Gasteiger partial charge on any atom is 0.257 e. The smallest absolute Gasteiger partial charge is 0.257 e. The van der Waals surface area contributed by atoms with Gasteiger partial charge in [0, 0.05) is 6.54 Å². The number of hydrogen-bond acceptors (Lipinski definition) is 3. The monoisotopic (exact) mass is 277 g/mol. The molecule has 0 spiro atoms. The highest BCUT2D eigenvalue weighted by molar-refractivity contribution is 5.77. The lowest BCUT2D eigenvalue weighted by Gasteiger charge is -2.21. The highest BCUT2D eigenvalue weighted by Gasteiger charge is 2.18. The maximum absolute atomic E-state index is 11.6. The molecule has 0 heterocycles. The zero-order chi connectivity index (χ0) is 14.5. The van der Waals surface area contributed by atoms with Crippen LogP contribution < -0.4 is 10.1 Å². The number of carbonyl (C=O) groups excluding carboxylic acids is 1. The second-order valence-corrected chi connectivity index (χ2v) is 5.76. The van der Waals surface area contributed by atoms with Crippen molar-refractivity contribution < 1.29 is 14.6 Å². The Labute approximate surface area is 120 Å². The van der Waals surface area contributed by atoms with E-state index in [0.717, 1.165) is 30.4 Å². The molecule has 1 amide bonds. The van der Waals surface area contributed by atoms with Gasteiger partial charge in [0.05, 0.1) is 6.10 Å². The summed E-state index contributed by atoms with van der Waals surface area (Å²) in [6, 6.07) is 5.66. The van der Waals surface area contributed by atoms with Gasteiger partial charge in [-0.3, -0.25) is 4.79 Å². The summed E-state index contributed by atoms with van der Waals surface area (Å²) in [6.45, 7) is 4.80. The standard InChI is InChI=1S/C16H23NO3/c1-11(2)9-17-16(19)10-20-13-6-7-14-12(8-13)4-3-5-15(14)18/h6-8,11,15,18H,3-5,9-10H2,1-2H3,(H,17,19). The summed E-state index contributed by atoms with van der Waals surface area (Å²) in [7, 11) is 0. The number of rotatable bonds is 5. The molecule has 0 aromatic heterocycles. The van der Waals surface area contributed by atoms with Crippen molar-refractivity contribution in [1.82, 2.24) is 5.32 Å². The van der Waals surface area contributed by atoms with E-state index in [-0.39, 0.29) is 18.6 Å². The Hall–Kier alpha value is -1.55. The molecule has 1 aromatic carbocycles. The van der Waals surface area contributed by atoms with E-state index in [9.17, 15) is 9.90 Å². The van der Waals surface area contributed by atoms with Crippen LogP contribution in [0.25, 0.3) is 0 Å². The first-order valence-corrected chi connectivity index (χ1v) is 7.26. The topological polar surface area (TPSA) is 58.6 Å². The van der Waals surface area contributed by atoms with Crippen LogP contribution in [0.4, 0.5) is 0 Å². The molecule has 4 nitrogen and oxygen atoms in total. The molecule has 2 rings (SSSR count). The first kappa shape index (κ1) is 14.9. The van der Waals surface area contributed by atoms with Crippen molar-refractivity contribution in [3.63, 3.8) is 0 Å². The van der Waals surface area contributed by atoms with E-state index in [0.29, 0.717) is 18.2 Å². The van der Waals surface area contributed by atoms with Gasteiger partial charge in [0.1, 0.15) is 5.75 Å². The van der Waals surface area contributed by atoms with Crippen LogP contribution >= 0.6 is 0 Å². The molecule has 0 fully saturated rings. The third-order valence-corrected chi connectivity index (χ3v) is 3.47. The van der Waals surface area contributed by atoms with Crippen LogP contribution in [0.3, 0.4) is 0 Å². The molecule has 110 valence electrons. The number of aliphatic hydroxyl groups is 1. The number of carbonyl (C=O) groups is 1. The molecule has 0 bridgehead atoms. The molecular formula is C16H23NO3. The molecule has 0 radical (unpaired) electrons. The number of fused-ring (bicyclic) bond motifs is 1. The summed E-state index contributed by atoms with van der Waals surface area (Å²) < 4.78 is 5.51. The van der Waals surface area contributed by atoms with Crippen LogP contribution in [0.1, 0.15) is 43.9 Å². The van der Waals surface area contributed by atoms with E-state index in [4.69, 9.17) is 4.74 Å². The predicted octanol–water partition coefficient (Wildman–Crippen LogP) is 2.21. The second-order valence-electron chi connectivity index (χ2n) is 5.76. The number of hydrogen-bond donors (Lipinski definition) is 2. The Balaban J connectivity index is 1.89. The summed E-state index contributed by atoms with van der Waals surface area (Å²) >= 11 is 0. The Morgan fingerprint density at radius 3 is 3.05 bits per heavy atom. The summed E-state index contributed by atoms with van der Waals surface area (Å²) in [4.78, 5) is 11.6. The van der Waals surface area contributed by atoms with Gasteiger partial charge in [0.2, 0.25) is 0 Å². The lowest BCUT2D eigenvalue weighted by atomic mass is 9.89. The lowest BCUT2D eigenvalue weighted by Crippen LogP contribution is -2.31. The number of aryl methyl sites for hydroxylation is 1. The fourth-order valence-electron chi connectivity index (χ4n) is 2.37. The van der Waals surface area contributed by atoms with Gasteiger partial charge in [-0.2, -0.15) is 0 Å². The molecule has 0 saturated carbocycles. The molecule has 1 unspecified atom stereocenters. The number of ether oxygens (including phenoxy) is 1. The van der Waals surface area contributed by atoms with Crippen molar-refractivity contribution in [2.45, 2.75) is 39.2 Å². The number of aliphatic hydroxyl groups excluding tert-OH is 1. The fourth-order valence-corrected chi connectivity index (χ4v) is 2.37. The average Bonchev–Trinajstić information content (AvgIpc) is 2.43. The van der Waals surface area contributed by atoms with Gasteiger partial charge in [0.15, 0.2) is 6.61 Å². The minimum absolute atomic E-state index is 0.0358. The van der Waals surface area contributed by atoms with E-state index in [2.05, 4.69) is 19.2 Å². The Morgan fingerprint density at radius 2 is 2.30 bits per heavy atom. The summed E-state index contributed by atoms with van der Waals surface area (Å²) in [5, 5.41) is 12.7. The number of benzene rings is 1. The molecule has 0 aliphatic heterocycles. The highest BCUT2D eigenvalue weighted by Crippen LogP contribution is 2.31. The molecule has 1 atom stereocenters. The van der Waals surface area contributed by atoms with E-state index in [1.807, 2.05) is 18.2 Å². The van der Waals surface area contributed by atoms with Crippen LogP contribution in [0.5, 0.6) is 5.75 Å². The first-order chi connectivity index (χ1) is 9.56. The van der Waals surface area contributed by atoms with Crippen molar-refractivity contribution in [3.05, 3.63) is 29.3 Å². The van der Waals surface area contributed by atoms with Gasteiger partial charge in [-0.1, -0.05) is 19.9 Å². The van der Waals surface area contributed by atoms with Crippen molar-refractivity contribution in [2.24, 2.45) is 5.92 Å². The van der Waals surface area contributed by atoms with E-state index in [1.165, 1.54) is 0 Å². The summed E-state index contributed by atoms with van der Waals surface area (Å²) in [6.07, 6.45) is 2.42. The molecule has 1 aromatic rings. The van der Waals surface area contributed by atoms with Gasteiger partial charge in [-0.25, -0.2) is 0 Å². The van der Waals surface area contributed by atoms with Crippen molar-refractivity contribution in [1.29, 1.82) is 0 Å². The van der Waals surface area contributed by atoms with E-state index in [1.54, 1.807) is 0 Å². The third-order valence-electron chi connectivity index (χ3n) is 3.47. The van der Waals surface area contributed by atoms with E-state index < -0.39 is 0 Å². The van der Waals surface area contributed by atoms with Gasteiger partial charge in [-0.05, 0) is 48.4 Å². The molecule has 0 saturated heterocycles. The largest absolute Gasteiger partial charge is 0.484 e. The SMILES string of the molecule is CC(C)CNC(=O)COc1ccc2c(c1)CCCC2O. The van der Waals surface area contributed by atoms with Crippen LogP contribution in [0.2, 0.25) is 0 Å². The second kappa shape index (κ2) is 6.75. The quantitative estimate of drug-likeness (QED) is 0.867. The molecule has 1 aliphatic rings. The molecule has 1 aliphatic carbocycles. The normalized spacial score (nSPS) is 17.7. The first-order valence-electron chi connectivity index (χ1n) is 7.26. The van der Waals surface area contributed by atoms with Crippen molar-refractivity contribution in [3.8, 4) is 5.75 Å².